The molecular weight excluding hydrogens is 324 g/mol. The first-order valence-corrected chi connectivity index (χ1v) is 8.76. The number of thiazole rings is 1. The van der Waals surface area contributed by atoms with Crippen molar-refractivity contribution in [2.75, 3.05) is 6.61 Å². The Morgan fingerprint density at radius 1 is 1.38 bits per heavy atom. The van der Waals surface area contributed by atoms with Crippen LogP contribution in [0.2, 0.25) is 0 Å². The Hall–Kier alpha value is -2.34. The van der Waals surface area contributed by atoms with E-state index in [0.29, 0.717) is 12.5 Å². The molecule has 1 aromatic carbocycles. The number of carboxylic acid groups (broad SMARTS) is 1. The van der Waals surface area contributed by atoms with Crippen LogP contribution in [-0.2, 0) is 11.2 Å². The van der Waals surface area contributed by atoms with Gasteiger partial charge in [0.25, 0.3) is 0 Å². The Morgan fingerprint density at radius 3 is 2.79 bits per heavy atom. The highest BCUT2D eigenvalue weighted by Gasteiger charge is 2.13. The van der Waals surface area contributed by atoms with Crippen molar-refractivity contribution in [3.8, 4) is 17.0 Å². The molecule has 2 heterocycles. The molecule has 0 amide bonds. The second-order valence-electron chi connectivity index (χ2n) is 5.92. The molecule has 0 aliphatic heterocycles. The van der Waals surface area contributed by atoms with Gasteiger partial charge in [-0.25, -0.2) is 4.98 Å². The van der Waals surface area contributed by atoms with E-state index < -0.39 is 5.97 Å². The molecule has 5 nitrogen and oxygen atoms in total. The van der Waals surface area contributed by atoms with Gasteiger partial charge in [-0.3, -0.25) is 9.20 Å². The lowest BCUT2D eigenvalue weighted by molar-refractivity contribution is -0.136. The molecule has 24 heavy (non-hydrogen) atoms. The number of aliphatic carboxylic acids is 1. The Balaban J connectivity index is 1.96. The Morgan fingerprint density at radius 2 is 2.17 bits per heavy atom. The molecule has 0 spiro atoms. The van der Waals surface area contributed by atoms with Crippen LogP contribution in [-0.4, -0.2) is 27.1 Å². The lowest BCUT2D eigenvalue weighted by atomic mass is 9.98. The van der Waals surface area contributed by atoms with Crippen LogP contribution in [0.4, 0.5) is 0 Å². The number of aromatic nitrogens is 2. The lowest BCUT2D eigenvalue weighted by Gasteiger charge is -2.14. The summed E-state index contributed by atoms with van der Waals surface area (Å²) in [5, 5.41) is 8.88. The maximum atomic E-state index is 10.8. The van der Waals surface area contributed by atoms with Crippen molar-refractivity contribution in [1.82, 2.24) is 9.38 Å². The molecule has 126 valence electrons. The third kappa shape index (κ3) is 3.28. The predicted molar refractivity (Wildman–Crippen MR) is 95.1 cm³/mol. The summed E-state index contributed by atoms with van der Waals surface area (Å²) in [7, 11) is 0. The van der Waals surface area contributed by atoms with Crippen LogP contribution in [0.1, 0.15) is 37.1 Å². The molecule has 3 rings (SSSR count). The molecule has 0 aliphatic rings. The number of benzene rings is 1. The van der Waals surface area contributed by atoms with E-state index in [1.54, 1.807) is 0 Å². The molecule has 0 fully saturated rings. The minimum absolute atomic E-state index is 0.0317. The summed E-state index contributed by atoms with van der Waals surface area (Å²) in [6.45, 7) is 6.92. The van der Waals surface area contributed by atoms with Crippen LogP contribution in [0, 0.1) is 0 Å². The van der Waals surface area contributed by atoms with Crippen LogP contribution < -0.4 is 4.74 Å². The molecule has 0 bridgehead atoms. The van der Waals surface area contributed by atoms with Crippen LogP contribution >= 0.6 is 11.3 Å². The molecule has 3 aromatic rings. The zero-order valence-electron chi connectivity index (χ0n) is 13.9. The number of carbonyl (C=O) groups is 1. The first kappa shape index (κ1) is 16.5. The van der Waals surface area contributed by atoms with E-state index in [9.17, 15) is 4.79 Å². The second kappa shape index (κ2) is 6.65. The first-order chi connectivity index (χ1) is 11.5. The summed E-state index contributed by atoms with van der Waals surface area (Å²) in [5.74, 6) is 0.450. The number of imidazole rings is 1. The predicted octanol–water partition coefficient (Wildman–Crippen LogP) is 4.21. The number of hydrogen-bond acceptors (Lipinski definition) is 4. The van der Waals surface area contributed by atoms with E-state index in [2.05, 4.69) is 24.9 Å². The second-order valence-corrected chi connectivity index (χ2v) is 7.02. The van der Waals surface area contributed by atoms with E-state index in [4.69, 9.17) is 9.84 Å². The largest absolute Gasteiger partial charge is 0.494 e. The summed E-state index contributed by atoms with van der Waals surface area (Å²) in [6, 6.07) is 6.14. The van der Waals surface area contributed by atoms with E-state index in [0.717, 1.165) is 32.4 Å². The molecule has 1 N–H and O–H groups in total. The number of carboxylic acids is 1. The maximum Gasteiger partial charge on any atom is 0.308 e. The van der Waals surface area contributed by atoms with Crippen LogP contribution in [0.3, 0.4) is 0 Å². The van der Waals surface area contributed by atoms with Gasteiger partial charge in [-0.15, -0.1) is 11.3 Å². The highest BCUT2D eigenvalue weighted by Crippen LogP contribution is 2.32. The van der Waals surface area contributed by atoms with Gasteiger partial charge >= 0.3 is 5.97 Å². The van der Waals surface area contributed by atoms with E-state index >= 15 is 0 Å². The topological polar surface area (TPSA) is 63.8 Å². The highest BCUT2D eigenvalue weighted by atomic mass is 32.1. The van der Waals surface area contributed by atoms with E-state index in [-0.39, 0.29) is 6.42 Å². The fourth-order valence-electron chi connectivity index (χ4n) is 2.66. The summed E-state index contributed by atoms with van der Waals surface area (Å²) < 4.78 is 7.60. The molecule has 0 unspecified atom stereocenters. The normalized spacial score (nSPS) is 11.3. The third-order valence-corrected chi connectivity index (χ3v) is 4.75. The maximum absolute atomic E-state index is 10.8. The zero-order valence-corrected chi connectivity index (χ0v) is 14.8. The lowest BCUT2D eigenvalue weighted by Crippen LogP contribution is -1.98. The number of nitrogens with zero attached hydrogens (tertiary/aromatic N) is 2. The highest BCUT2D eigenvalue weighted by molar-refractivity contribution is 7.17. The average molecular weight is 344 g/mol. The van der Waals surface area contributed by atoms with Gasteiger partial charge in [0.1, 0.15) is 5.75 Å². The number of fused-ring (bicyclic) bond motifs is 1. The van der Waals surface area contributed by atoms with Crippen molar-refractivity contribution >= 4 is 22.3 Å². The molecule has 0 atom stereocenters. The van der Waals surface area contributed by atoms with Gasteiger partial charge in [-0.05, 0) is 36.6 Å². The molecular formula is C18H20N2O3S. The Labute approximate surface area is 144 Å². The summed E-state index contributed by atoms with van der Waals surface area (Å²) in [4.78, 5) is 17.0. The SMILES string of the molecule is CCOc1ccc(-c2cn3cc(CC(=O)O)sc3n2)cc1C(C)C. The monoisotopic (exact) mass is 344 g/mol. The molecule has 0 aliphatic carbocycles. The summed E-state index contributed by atoms with van der Waals surface area (Å²) >= 11 is 1.41. The van der Waals surface area contributed by atoms with Gasteiger partial charge in [0.2, 0.25) is 0 Å². The zero-order chi connectivity index (χ0) is 17.3. The van der Waals surface area contributed by atoms with Crippen LogP contribution in [0.15, 0.2) is 30.6 Å². The summed E-state index contributed by atoms with van der Waals surface area (Å²) in [5.41, 5.74) is 3.09. The standard InChI is InChI=1S/C18H20N2O3S/c1-4-23-16-6-5-12(7-14(16)11(2)3)15-10-20-9-13(8-17(21)22)24-18(20)19-15/h5-7,9-11H,4,8H2,1-3H3,(H,21,22). The molecule has 0 saturated heterocycles. The van der Waals surface area contributed by atoms with Crippen molar-refractivity contribution in [2.24, 2.45) is 0 Å². The van der Waals surface area contributed by atoms with E-state index in [1.165, 1.54) is 11.3 Å². The Bertz CT molecular complexity index is 848. The van der Waals surface area contributed by atoms with Crippen molar-refractivity contribution in [3.05, 3.63) is 41.0 Å². The van der Waals surface area contributed by atoms with Gasteiger partial charge in [0, 0.05) is 22.8 Å². The molecule has 6 heteroatoms. The third-order valence-electron chi connectivity index (χ3n) is 3.76. The summed E-state index contributed by atoms with van der Waals surface area (Å²) in [6.07, 6.45) is 3.81. The van der Waals surface area contributed by atoms with Crippen molar-refractivity contribution in [3.63, 3.8) is 0 Å². The molecule has 0 saturated carbocycles. The number of rotatable bonds is 6. The van der Waals surface area contributed by atoms with Gasteiger partial charge in [-0.1, -0.05) is 13.8 Å². The number of hydrogen-bond donors (Lipinski definition) is 1. The van der Waals surface area contributed by atoms with Crippen LogP contribution in [0.25, 0.3) is 16.2 Å². The fourth-order valence-corrected chi connectivity index (χ4v) is 3.61. The average Bonchev–Trinajstić information content (AvgIpc) is 3.05. The fraction of sp³-hybridized carbons (Fsp3) is 0.333. The molecule has 0 radical (unpaired) electrons. The first-order valence-electron chi connectivity index (χ1n) is 7.94. The minimum atomic E-state index is -0.826. The van der Waals surface area contributed by atoms with Gasteiger partial charge in [-0.2, -0.15) is 0 Å². The van der Waals surface area contributed by atoms with Gasteiger partial charge in [0.15, 0.2) is 4.96 Å². The Kier molecular flexibility index (Phi) is 4.57. The van der Waals surface area contributed by atoms with Gasteiger partial charge < -0.3 is 9.84 Å². The van der Waals surface area contributed by atoms with Gasteiger partial charge in [0.05, 0.1) is 18.7 Å². The van der Waals surface area contributed by atoms with Crippen molar-refractivity contribution in [1.29, 1.82) is 0 Å². The van der Waals surface area contributed by atoms with Crippen molar-refractivity contribution in [2.45, 2.75) is 33.1 Å². The smallest absolute Gasteiger partial charge is 0.308 e. The quantitative estimate of drug-likeness (QED) is 0.727. The van der Waals surface area contributed by atoms with E-state index in [1.807, 2.05) is 35.9 Å². The molecule has 2 aromatic heterocycles. The van der Waals surface area contributed by atoms with Crippen LogP contribution in [0.5, 0.6) is 5.75 Å². The minimum Gasteiger partial charge on any atom is -0.494 e. The van der Waals surface area contributed by atoms with Crippen molar-refractivity contribution < 1.29 is 14.6 Å². The number of ether oxygens (including phenoxy) is 1.